The van der Waals surface area contributed by atoms with Crippen molar-refractivity contribution in [2.24, 2.45) is 0 Å². The number of hydrogen-bond donors (Lipinski definition) is 1. The van der Waals surface area contributed by atoms with Gasteiger partial charge in [0.25, 0.3) is 0 Å². The first kappa shape index (κ1) is 21.6. The van der Waals surface area contributed by atoms with Crippen LogP contribution < -0.4 is 5.32 Å². The summed E-state index contributed by atoms with van der Waals surface area (Å²) >= 11 is 0. The van der Waals surface area contributed by atoms with Crippen molar-refractivity contribution in [2.75, 3.05) is 26.2 Å². The molecule has 1 fully saturated rings. The molecule has 0 spiro atoms. The lowest BCUT2D eigenvalue weighted by molar-refractivity contribution is -0.148. The first-order valence-electron chi connectivity index (χ1n) is 9.75. The van der Waals surface area contributed by atoms with Crippen LogP contribution in [0.15, 0.2) is 24.3 Å². The third-order valence-corrected chi connectivity index (χ3v) is 4.65. The summed E-state index contributed by atoms with van der Waals surface area (Å²) in [4.78, 5) is 48.4. The van der Waals surface area contributed by atoms with Gasteiger partial charge in [0, 0.05) is 32.0 Å². The lowest BCUT2D eigenvalue weighted by Gasteiger charge is -2.19. The minimum Gasteiger partial charge on any atom is -0.456 e. The third-order valence-electron chi connectivity index (χ3n) is 4.65. The molecule has 1 aliphatic rings. The molecular weight excluding hydrogens is 360 g/mol. The highest BCUT2D eigenvalue weighted by Gasteiger charge is 2.20. The van der Waals surface area contributed by atoms with Crippen molar-refractivity contribution >= 4 is 23.6 Å². The number of carbonyl (C=O) groups is 4. The maximum absolute atomic E-state index is 12.2. The number of nitrogens with one attached hydrogen (secondary N) is 1. The van der Waals surface area contributed by atoms with Crippen LogP contribution in [0.25, 0.3) is 0 Å². The maximum Gasteiger partial charge on any atom is 0.326 e. The molecule has 1 aromatic carbocycles. The number of ketones is 1. The molecule has 2 amide bonds. The molecule has 7 heteroatoms. The van der Waals surface area contributed by atoms with Crippen LogP contribution >= 0.6 is 0 Å². The van der Waals surface area contributed by atoms with E-state index >= 15 is 0 Å². The number of rotatable bonds is 9. The Bertz CT molecular complexity index is 699. The van der Waals surface area contributed by atoms with Crippen molar-refractivity contribution in [3.8, 4) is 0 Å². The van der Waals surface area contributed by atoms with E-state index < -0.39 is 5.97 Å². The maximum atomic E-state index is 12.2. The summed E-state index contributed by atoms with van der Waals surface area (Å²) in [5.41, 5.74) is 1.54. The van der Waals surface area contributed by atoms with Gasteiger partial charge in [-0.1, -0.05) is 30.7 Å². The van der Waals surface area contributed by atoms with E-state index in [9.17, 15) is 19.2 Å². The van der Waals surface area contributed by atoms with E-state index in [1.54, 1.807) is 12.1 Å². The van der Waals surface area contributed by atoms with E-state index in [4.69, 9.17) is 4.74 Å². The van der Waals surface area contributed by atoms with Crippen molar-refractivity contribution in [3.63, 3.8) is 0 Å². The lowest BCUT2D eigenvalue weighted by Crippen LogP contribution is -2.36. The molecule has 0 saturated carbocycles. The number of carbonyl (C=O) groups excluding carboxylic acids is 4. The summed E-state index contributed by atoms with van der Waals surface area (Å²) in [6, 6.07) is 7.14. The number of Topliss-reactive ketones (excluding diaryl/α,β-unsaturated/α-hetero) is 1. The Balaban J connectivity index is 1.73. The normalized spacial score (nSPS) is 14.3. The molecule has 0 aliphatic carbocycles. The standard InChI is InChI=1S/C21H28N2O5/c1-16(24)22-12-5-6-17-8-10-18(11-9-17)19(25)15-28-21(27)14-23-13-4-2-3-7-20(23)26/h8-11H,2-7,12-15H2,1H3,(H,22,24). The van der Waals surface area contributed by atoms with Crippen LogP contribution in [0.2, 0.25) is 0 Å². The predicted molar refractivity (Wildman–Crippen MR) is 104 cm³/mol. The van der Waals surface area contributed by atoms with Crippen LogP contribution in [0.1, 0.15) is 54.9 Å². The molecular formula is C21H28N2O5. The Hall–Kier alpha value is -2.70. The Morgan fingerprint density at radius 3 is 2.57 bits per heavy atom. The molecule has 7 nitrogen and oxygen atoms in total. The van der Waals surface area contributed by atoms with Gasteiger partial charge >= 0.3 is 5.97 Å². The van der Waals surface area contributed by atoms with Crippen molar-refractivity contribution in [1.29, 1.82) is 0 Å². The van der Waals surface area contributed by atoms with Crippen molar-refractivity contribution in [3.05, 3.63) is 35.4 Å². The predicted octanol–water partition coefficient (Wildman–Crippen LogP) is 1.88. The SMILES string of the molecule is CC(=O)NCCCc1ccc(C(=O)COC(=O)CN2CCCCCC2=O)cc1. The van der Waals surface area contributed by atoms with Crippen LogP contribution in [0.5, 0.6) is 0 Å². The average Bonchev–Trinajstić information content (AvgIpc) is 2.88. The summed E-state index contributed by atoms with van der Waals surface area (Å²) in [7, 11) is 0. The topological polar surface area (TPSA) is 92.8 Å². The number of hydrogen-bond acceptors (Lipinski definition) is 5. The van der Waals surface area contributed by atoms with Crippen molar-refractivity contribution in [2.45, 2.75) is 45.4 Å². The van der Waals surface area contributed by atoms with Gasteiger partial charge in [0.2, 0.25) is 11.8 Å². The first-order valence-corrected chi connectivity index (χ1v) is 9.75. The van der Waals surface area contributed by atoms with Crippen LogP contribution in [0, 0.1) is 0 Å². The average molecular weight is 388 g/mol. The van der Waals surface area contributed by atoms with Gasteiger partial charge in [0.15, 0.2) is 12.4 Å². The molecule has 28 heavy (non-hydrogen) atoms. The number of ether oxygens (including phenoxy) is 1. The van der Waals surface area contributed by atoms with Crippen LogP contribution in [0.3, 0.4) is 0 Å². The summed E-state index contributed by atoms with van der Waals surface area (Å²) in [5.74, 6) is -0.913. The van der Waals surface area contributed by atoms with E-state index in [2.05, 4.69) is 5.32 Å². The summed E-state index contributed by atoms with van der Waals surface area (Å²) in [5, 5.41) is 2.74. The number of amides is 2. The molecule has 0 atom stereocenters. The summed E-state index contributed by atoms with van der Waals surface area (Å²) < 4.78 is 5.06. The molecule has 0 bridgehead atoms. The molecule has 0 radical (unpaired) electrons. The first-order chi connectivity index (χ1) is 13.5. The molecule has 0 unspecified atom stereocenters. The zero-order valence-electron chi connectivity index (χ0n) is 16.4. The van der Waals surface area contributed by atoms with E-state index in [1.807, 2.05) is 12.1 Å². The fourth-order valence-electron chi connectivity index (χ4n) is 3.05. The Kier molecular flexibility index (Phi) is 8.65. The molecule has 0 aromatic heterocycles. The molecule has 1 heterocycles. The molecule has 1 aliphatic heterocycles. The van der Waals surface area contributed by atoms with Crippen LogP contribution in [0.4, 0.5) is 0 Å². The van der Waals surface area contributed by atoms with Gasteiger partial charge in [-0.25, -0.2) is 0 Å². The molecule has 1 aromatic rings. The van der Waals surface area contributed by atoms with Gasteiger partial charge in [-0.2, -0.15) is 0 Å². The van der Waals surface area contributed by atoms with Crippen LogP contribution in [-0.2, 0) is 25.5 Å². The quantitative estimate of drug-likeness (QED) is 0.396. The number of likely N-dealkylation sites (tertiary alicyclic amines) is 1. The monoisotopic (exact) mass is 388 g/mol. The highest BCUT2D eigenvalue weighted by molar-refractivity contribution is 5.98. The zero-order chi connectivity index (χ0) is 20.4. The minimum atomic E-state index is -0.557. The summed E-state index contributed by atoms with van der Waals surface area (Å²) in [6.07, 6.45) is 4.80. The second-order valence-corrected chi connectivity index (χ2v) is 6.99. The second kappa shape index (κ2) is 11.2. The van der Waals surface area contributed by atoms with E-state index in [-0.39, 0.29) is 30.7 Å². The van der Waals surface area contributed by atoms with Gasteiger partial charge in [0.05, 0.1) is 0 Å². The van der Waals surface area contributed by atoms with Gasteiger partial charge in [-0.3, -0.25) is 19.2 Å². The fraction of sp³-hybridized carbons (Fsp3) is 0.524. The number of esters is 1. The van der Waals surface area contributed by atoms with E-state index in [1.165, 1.54) is 11.8 Å². The smallest absolute Gasteiger partial charge is 0.326 e. The van der Waals surface area contributed by atoms with Crippen LogP contribution in [-0.4, -0.2) is 54.7 Å². The van der Waals surface area contributed by atoms with Gasteiger partial charge in [-0.05, 0) is 31.2 Å². The second-order valence-electron chi connectivity index (χ2n) is 6.99. The third kappa shape index (κ3) is 7.50. The van der Waals surface area contributed by atoms with E-state index in [0.29, 0.717) is 25.1 Å². The highest BCUT2D eigenvalue weighted by atomic mass is 16.5. The molecule has 2 rings (SSSR count). The summed E-state index contributed by atoms with van der Waals surface area (Å²) in [6.45, 7) is 2.23. The van der Waals surface area contributed by atoms with Crippen molar-refractivity contribution in [1.82, 2.24) is 10.2 Å². The van der Waals surface area contributed by atoms with Gasteiger partial charge < -0.3 is 15.0 Å². The number of benzene rings is 1. The van der Waals surface area contributed by atoms with Gasteiger partial charge in [-0.15, -0.1) is 0 Å². The fourth-order valence-corrected chi connectivity index (χ4v) is 3.05. The minimum absolute atomic E-state index is 0.0325. The number of nitrogens with zero attached hydrogens (tertiary/aromatic N) is 1. The Morgan fingerprint density at radius 1 is 1.11 bits per heavy atom. The van der Waals surface area contributed by atoms with E-state index in [0.717, 1.165) is 37.7 Å². The molecule has 1 saturated heterocycles. The number of aryl methyl sites for hydroxylation is 1. The van der Waals surface area contributed by atoms with Crippen molar-refractivity contribution < 1.29 is 23.9 Å². The largest absolute Gasteiger partial charge is 0.456 e. The molecule has 152 valence electrons. The highest BCUT2D eigenvalue weighted by Crippen LogP contribution is 2.11. The molecule has 1 N–H and O–H groups in total. The van der Waals surface area contributed by atoms with Gasteiger partial charge in [0.1, 0.15) is 6.54 Å². The Morgan fingerprint density at radius 2 is 1.86 bits per heavy atom. The zero-order valence-corrected chi connectivity index (χ0v) is 16.4. The Labute approximate surface area is 165 Å². The lowest BCUT2D eigenvalue weighted by atomic mass is 10.1.